The van der Waals surface area contributed by atoms with Gasteiger partial charge in [0.2, 0.25) is 5.91 Å². The van der Waals surface area contributed by atoms with Crippen molar-refractivity contribution in [3.8, 4) is 50.4 Å². The summed E-state index contributed by atoms with van der Waals surface area (Å²) in [5.41, 5.74) is 14.7. The van der Waals surface area contributed by atoms with Crippen LogP contribution in [0.15, 0.2) is 107 Å². The lowest BCUT2D eigenvalue weighted by molar-refractivity contribution is -0.134. The molecule has 6 aromatic rings. The van der Waals surface area contributed by atoms with Gasteiger partial charge in [-0.3, -0.25) is 9.59 Å². The van der Waals surface area contributed by atoms with Crippen molar-refractivity contribution in [3.05, 3.63) is 125 Å². The number of carbonyl (C=O) groups is 2. The first-order chi connectivity index (χ1) is 28.9. The van der Waals surface area contributed by atoms with Crippen molar-refractivity contribution in [3.63, 3.8) is 0 Å². The fourth-order valence-electron chi connectivity index (χ4n) is 7.30. The Kier molecular flexibility index (Phi) is 12.4. The molecule has 0 radical (unpaired) electrons. The molecule has 1 fully saturated rings. The Hall–Kier alpha value is -6.78. The highest BCUT2D eigenvalue weighted by Crippen LogP contribution is 2.34. The summed E-state index contributed by atoms with van der Waals surface area (Å²) in [6.45, 7) is 13.2. The number of amides is 2. The van der Waals surface area contributed by atoms with E-state index in [1.54, 1.807) is 36.6 Å². The minimum atomic E-state index is -0.665. The third kappa shape index (κ3) is 9.09. The monoisotopic (exact) mass is 820 g/mol. The number of phenols is 1. The molecule has 1 aliphatic rings. The number of benzene rings is 3. The van der Waals surface area contributed by atoms with Crippen molar-refractivity contribution in [2.45, 2.75) is 52.5 Å². The fraction of sp³-hybridized carbons (Fsp3) is 0.277. The molecule has 1 aliphatic heterocycles. The van der Waals surface area contributed by atoms with Crippen molar-refractivity contribution in [2.24, 2.45) is 11.8 Å². The number of thiazole rings is 1. The van der Waals surface area contributed by atoms with Gasteiger partial charge in [0.25, 0.3) is 5.91 Å². The predicted molar refractivity (Wildman–Crippen MR) is 236 cm³/mol. The van der Waals surface area contributed by atoms with Crippen LogP contribution in [0, 0.1) is 30.6 Å². The number of nitrogens with zero attached hydrogens (tertiary/aromatic N) is 6. The lowest BCUT2D eigenvalue weighted by atomic mass is 9.91. The predicted octanol–water partition coefficient (Wildman–Crippen LogP) is 8.38. The van der Waals surface area contributed by atoms with Crippen LogP contribution in [0.25, 0.3) is 32.8 Å². The minimum absolute atomic E-state index is 0.0448. The number of para-hydroxylation sites is 1. The summed E-state index contributed by atoms with van der Waals surface area (Å²) in [5.74, 6) is 6.99. The molecule has 0 bridgehead atoms. The van der Waals surface area contributed by atoms with Crippen LogP contribution in [0.1, 0.15) is 68.2 Å². The van der Waals surface area contributed by atoms with E-state index >= 15 is 0 Å². The number of rotatable bonds is 11. The van der Waals surface area contributed by atoms with Crippen LogP contribution in [0.2, 0.25) is 0 Å². The Morgan fingerprint density at radius 3 is 2.35 bits per heavy atom. The van der Waals surface area contributed by atoms with E-state index in [1.807, 2.05) is 99.9 Å². The maximum Gasteiger partial charge on any atom is 0.267 e. The average Bonchev–Trinajstić information content (AvgIpc) is 3.92. The summed E-state index contributed by atoms with van der Waals surface area (Å²) in [4.78, 5) is 36.1. The first-order valence-electron chi connectivity index (χ1n) is 19.9. The molecule has 4 N–H and O–H groups in total. The van der Waals surface area contributed by atoms with E-state index in [1.165, 1.54) is 4.90 Å². The van der Waals surface area contributed by atoms with Crippen LogP contribution in [0.3, 0.4) is 0 Å². The summed E-state index contributed by atoms with van der Waals surface area (Å²) in [6.07, 6.45) is 1.69. The van der Waals surface area contributed by atoms with Crippen LogP contribution in [-0.2, 0) is 9.59 Å². The van der Waals surface area contributed by atoms with Gasteiger partial charge in [-0.1, -0.05) is 86.0 Å². The molecule has 0 saturated carbocycles. The molecule has 60 heavy (non-hydrogen) atoms. The quantitative estimate of drug-likeness (QED) is 0.0855. The molecule has 0 aliphatic carbocycles. The number of aromatic hydroxyl groups is 1. The molecule has 3 aromatic carbocycles. The molecular weight excluding hydrogens is 773 g/mol. The lowest BCUT2D eigenvalue weighted by Crippen LogP contribution is -2.39. The van der Waals surface area contributed by atoms with Gasteiger partial charge in [0.15, 0.2) is 17.4 Å². The first kappa shape index (κ1) is 41.4. The topological polar surface area (TPSA) is 164 Å². The number of nitrogens with one attached hydrogen (secondary N) is 1. The molecule has 306 valence electrons. The largest absolute Gasteiger partial charge is 0.507 e. The van der Waals surface area contributed by atoms with Crippen LogP contribution < -0.4 is 16.0 Å². The maximum atomic E-state index is 13.9. The number of hydrogen-bond donors (Lipinski definition) is 3. The number of nitrogens with two attached hydrogens (primary N) is 1. The summed E-state index contributed by atoms with van der Waals surface area (Å²) in [6, 6.07) is 26.2. The van der Waals surface area contributed by atoms with Gasteiger partial charge in [-0.2, -0.15) is 0 Å². The van der Waals surface area contributed by atoms with Crippen LogP contribution >= 0.6 is 11.3 Å². The molecule has 2 unspecified atom stereocenters. The van der Waals surface area contributed by atoms with Crippen molar-refractivity contribution in [2.75, 3.05) is 30.8 Å². The van der Waals surface area contributed by atoms with E-state index in [4.69, 9.17) is 10.3 Å². The van der Waals surface area contributed by atoms with Gasteiger partial charge in [0, 0.05) is 48.8 Å². The molecule has 2 atom stereocenters. The maximum absolute atomic E-state index is 13.9. The third-order valence-corrected chi connectivity index (χ3v) is 11.9. The highest BCUT2D eigenvalue weighted by molar-refractivity contribution is 7.13. The van der Waals surface area contributed by atoms with Gasteiger partial charge in [-0.05, 0) is 79.6 Å². The Morgan fingerprint density at radius 2 is 1.68 bits per heavy atom. The number of carbonyl (C=O) groups excluding carboxylic acids is 2. The Bertz CT molecular complexity index is 2560. The summed E-state index contributed by atoms with van der Waals surface area (Å²) >= 11 is 1.59. The smallest absolute Gasteiger partial charge is 0.267 e. The summed E-state index contributed by atoms with van der Waals surface area (Å²) < 4.78 is 5.81. The Morgan fingerprint density at radius 1 is 0.983 bits per heavy atom. The second kappa shape index (κ2) is 18.0. The van der Waals surface area contributed by atoms with E-state index in [0.717, 1.165) is 64.3 Å². The van der Waals surface area contributed by atoms with E-state index in [0.29, 0.717) is 28.7 Å². The molecule has 2 amide bonds. The Labute approximate surface area is 354 Å². The zero-order valence-corrected chi connectivity index (χ0v) is 35.2. The standard InChI is InChI=1S/C47H48N8O4S/c1-28(2)43(47(58)54(6)31(5)46(57)50-29(3)34-17-19-36(20-18-34)44-30(4)49-27-60-44)41-26-42(53-59-41)55-23-21-33(22-24-55)12-11-32-13-15-35(16-14-32)38-25-39(51-52-45(38)48)37-9-7-8-10-40(37)56/h7-10,13-20,25-29,33,43,56H,5,21-24H2,1-4,6H3,(H2,48,52)(H,50,57). The highest BCUT2D eigenvalue weighted by Gasteiger charge is 2.34. The van der Waals surface area contributed by atoms with E-state index < -0.39 is 11.8 Å². The molecule has 0 spiro atoms. The number of likely N-dealkylation sites (N-methyl/N-ethyl adjacent to an activating group) is 1. The number of anilines is 2. The van der Waals surface area contributed by atoms with Gasteiger partial charge in [0.1, 0.15) is 17.4 Å². The number of aryl methyl sites for hydroxylation is 1. The average molecular weight is 821 g/mol. The fourth-order valence-corrected chi connectivity index (χ4v) is 8.11. The highest BCUT2D eigenvalue weighted by atomic mass is 32.1. The van der Waals surface area contributed by atoms with Crippen LogP contribution in [0.5, 0.6) is 5.75 Å². The second-order valence-corrected chi connectivity index (χ2v) is 16.2. The van der Waals surface area contributed by atoms with Crippen molar-refractivity contribution >= 4 is 34.8 Å². The second-order valence-electron chi connectivity index (χ2n) is 15.4. The van der Waals surface area contributed by atoms with Crippen molar-refractivity contribution < 1.29 is 19.2 Å². The van der Waals surface area contributed by atoms with E-state index in [-0.39, 0.29) is 35.2 Å². The SMILES string of the molecule is C=C(C(=O)NC(C)c1ccc(-c2scnc2C)cc1)N(C)C(=O)C(c1cc(N2CCC(C#Cc3ccc(-c4cc(-c5ccccc5O)nnc4N)cc3)CC2)no1)C(C)C. The number of nitrogen functional groups attached to an aromatic ring is 1. The number of phenolic OH excluding ortho intramolecular Hbond substituents is 1. The van der Waals surface area contributed by atoms with Gasteiger partial charge in [-0.25, -0.2) is 4.98 Å². The molecule has 4 heterocycles. The van der Waals surface area contributed by atoms with Gasteiger partial charge < -0.3 is 30.5 Å². The first-order valence-corrected chi connectivity index (χ1v) is 20.8. The molecule has 7 rings (SSSR count). The van der Waals surface area contributed by atoms with Crippen LogP contribution in [-0.4, -0.2) is 62.3 Å². The zero-order chi connectivity index (χ0) is 42.5. The molecule has 12 nitrogen and oxygen atoms in total. The van der Waals surface area contributed by atoms with Gasteiger partial charge in [-0.15, -0.1) is 21.5 Å². The molecule has 3 aromatic heterocycles. The molecule has 1 saturated heterocycles. The Balaban J connectivity index is 0.927. The zero-order valence-electron chi connectivity index (χ0n) is 34.3. The number of aromatic nitrogens is 4. The van der Waals surface area contributed by atoms with Crippen LogP contribution in [0.4, 0.5) is 11.6 Å². The summed E-state index contributed by atoms with van der Waals surface area (Å²) in [7, 11) is 1.57. The molecular formula is C47H48N8O4S. The van der Waals surface area contributed by atoms with E-state index in [9.17, 15) is 14.7 Å². The van der Waals surface area contributed by atoms with Crippen molar-refractivity contribution in [1.82, 2.24) is 30.6 Å². The number of hydrogen-bond acceptors (Lipinski definition) is 11. The van der Waals surface area contributed by atoms with Crippen molar-refractivity contribution in [1.29, 1.82) is 0 Å². The minimum Gasteiger partial charge on any atom is -0.507 e. The third-order valence-electron chi connectivity index (χ3n) is 11.0. The molecule has 13 heteroatoms. The van der Waals surface area contributed by atoms with Gasteiger partial charge in [0.05, 0.1) is 27.8 Å². The van der Waals surface area contributed by atoms with Gasteiger partial charge >= 0.3 is 0 Å². The normalized spacial score (nSPS) is 13.9. The lowest BCUT2D eigenvalue weighted by Gasteiger charge is -2.29. The summed E-state index contributed by atoms with van der Waals surface area (Å²) in [5, 5.41) is 25.9. The van der Waals surface area contributed by atoms with E-state index in [2.05, 4.69) is 49.0 Å². The number of piperidine rings is 1.